The molecule has 0 radical (unpaired) electrons. The van der Waals surface area contributed by atoms with Gasteiger partial charge in [0.15, 0.2) is 0 Å². The smallest absolute Gasteiger partial charge is 0.306 e. The van der Waals surface area contributed by atoms with Crippen LogP contribution in [0, 0.1) is 0 Å². The molecule has 2 atom stereocenters. The van der Waals surface area contributed by atoms with Crippen LogP contribution in [0.3, 0.4) is 0 Å². The number of phosphoric acid groups is 1. The zero-order valence-electron chi connectivity index (χ0n) is 34.1. The van der Waals surface area contributed by atoms with Gasteiger partial charge in [0.1, 0.15) is 19.3 Å². The van der Waals surface area contributed by atoms with E-state index in [9.17, 15) is 14.3 Å². The Morgan fingerprint density at radius 2 is 1.04 bits per heavy atom. The number of carbonyl (C=O) groups excluding carboxylic acids is 1. The van der Waals surface area contributed by atoms with Crippen molar-refractivity contribution >= 4 is 13.8 Å². The van der Waals surface area contributed by atoms with E-state index >= 15 is 0 Å². The van der Waals surface area contributed by atoms with Crippen molar-refractivity contribution in [3.8, 4) is 0 Å². The molecular formula is C42H82NO7P. The number of hydrogen-bond acceptors (Lipinski definition) is 7. The molecule has 0 aliphatic rings. The van der Waals surface area contributed by atoms with Gasteiger partial charge in [-0.3, -0.25) is 9.36 Å². The van der Waals surface area contributed by atoms with Crippen LogP contribution in [0.4, 0.5) is 0 Å². The van der Waals surface area contributed by atoms with Crippen LogP contribution in [0.25, 0.3) is 0 Å². The third-order valence-electron chi connectivity index (χ3n) is 8.98. The zero-order chi connectivity index (χ0) is 37.7. The summed E-state index contributed by atoms with van der Waals surface area (Å²) in [7, 11) is 1.35. The lowest BCUT2D eigenvalue weighted by molar-refractivity contribution is -0.870. The van der Waals surface area contributed by atoms with Gasteiger partial charge in [0.05, 0.1) is 34.4 Å². The first kappa shape index (κ1) is 50.0. The van der Waals surface area contributed by atoms with Gasteiger partial charge < -0.3 is 27.9 Å². The van der Waals surface area contributed by atoms with Crippen LogP contribution in [0.1, 0.15) is 181 Å². The predicted molar refractivity (Wildman–Crippen MR) is 213 cm³/mol. The Labute approximate surface area is 315 Å². The monoisotopic (exact) mass is 744 g/mol. The fraction of sp³-hybridized carbons (Fsp3) is 0.881. The summed E-state index contributed by atoms with van der Waals surface area (Å²) < 4.78 is 34.5. The number of allylic oxidation sites excluding steroid dienone is 4. The van der Waals surface area contributed by atoms with Crippen LogP contribution < -0.4 is 4.89 Å². The number of ether oxygens (including phenoxy) is 2. The van der Waals surface area contributed by atoms with Crippen LogP contribution in [0.15, 0.2) is 24.3 Å². The third kappa shape index (κ3) is 40.0. The SMILES string of the molecule is CCCC/C=C\CCCCCCCCOCC(COP(=O)([O-])OCC[N+](C)(C)C)OC(=O)CCCCCCCCC/C=C\CCCCCCCC. The van der Waals surface area contributed by atoms with Gasteiger partial charge >= 0.3 is 5.97 Å². The predicted octanol–water partition coefficient (Wildman–Crippen LogP) is 11.4. The first-order valence-corrected chi connectivity index (χ1v) is 22.5. The quantitative estimate of drug-likeness (QED) is 0.0203. The molecule has 0 aliphatic carbocycles. The second-order valence-electron chi connectivity index (χ2n) is 15.3. The van der Waals surface area contributed by atoms with E-state index in [0.29, 0.717) is 24.1 Å². The average Bonchev–Trinajstić information content (AvgIpc) is 3.08. The standard InChI is InChI=1S/C42H82NO7P/c1-6-8-10-12-14-16-18-20-21-22-23-24-25-27-29-31-33-35-42(44)50-41(40-49-51(45,46)48-38-36-43(3,4)5)39-47-37-34-32-30-28-26-19-17-15-13-11-9-7-2/h13,15,20-21,41H,6-12,14,16-19,22-40H2,1-5H3/b15-13-,21-20-. The van der Waals surface area contributed by atoms with Crippen molar-refractivity contribution in [1.29, 1.82) is 0 Å². The molecule has 0 N–H and O–H groups in total. The molecule has 0 rings (SSSR count). The topological polar surface area (TPSA) is 94.1 Å². The number of unbranched alkanes of at least 4 members (excludes halogenated alkanes) is 21. The van der Waals surface area contributed by atoms with E-state index in [-0.39, 0.29) is 25.8 Å². The lowest BCUT2D eigenvalue weighted by Gasteiger charge is -2.28. The fourth-order valence-corrected chi connectivity index (χ4v) is 6.37. The number of rotatable bonds is 39. The van der Waals surface area contributed by atoms with Gasteiger partial charge in [0.2, 0.25) is 0 Å². The maximum absolute atomic E-state index is 12.6. The van der Waals surface area contributed by atoms with E-state index in [1.807, 2.05) is 21.1 Å². The molecule has 302 valence electrons. The molecule has 0 aromatic heterocycles. The molecule has 0 spiro atoms. The Morgan fingerprint density at radius 1 is 0.588 bits per heavy atom. The van der Waals surface area contributed by atoms with E-state index in [0.717, 1.165) is 32.1 Å². The summed E-state index contributed by atoms with van der Waals surface area (Å²) in [6.07, 6.45) is 38.9. The van der Waals surface area contributed by atoms with Crippen molar-refractivity contribution < 1.29 is 37.3 Å². The highest BCUT2D eigenvalue weighted by Gasteiger charge is 2.20. The van der Waals surface area contributed by atoms with E-state index in [2.05, 4.69) is 38.2 Å². The molecule has 0 saturated carbocycles. The maximum atomic E-state index is 12.6. The van der Waals surface area contributed by atoms with Crippen molar-refractivity contribution in [2.45, 2.75) is 187 Å². The largest absolute Gasteiger partial charge is 0.756 e. The van der Waals surface area contributed by atoms with Crippen molar-refractivity contribution in [2.24, 2.45) is 0 Å². The Morgan fingerprint density at radius 3 is 1.55 bits per heavy atom. The molecule has 0 aliphatic heterocycles. The summed E-state index contributed by atoms with van der Waals surface area (Å²) in [6, 6.07) is 0. The summed E-state index contributed by atoms with van der Waals surface area (Å²) in [5, 5.41) is 0. The second kappa shape index (κ2) is 36.0. The lowest BCUT2D eigenvalue weighted by atomic mass is 10.1. The Bertz CT molecular complexity index is 874. The van der Waals surface area contributed by atoms with Gasteiger partial charge in [0, 0.05) is 13.0 Å². The number of carbonyl (C=O) groups is 1. The van der Waals surface area contributed by atoms with E-state index in [4.69, 9.17) is 18.5 Å². The van der Waals surface area contributed by atoms with Crippen LogP contribution in [-0.2, 0) is 27.9 Å². The number of esters is 1. The third-order valence-corrected chi connectivity index (χ3v) is 9.94. The van der Waals surface area contributed by atoms with Crippen molar-refractivity contribution in [2.75, 3.05) is 54.1 Å². The van der Waals surface area contributed by atoms with Crippen LogP contribution in [0.5, 0.6) is 0 Å². The molecule has 0 aromatic carbocycles. The molecular weight excluding hydrogens is 661 g/mol. The minimum atomic E-state index is -4.52. The minimum absolute atomic E-state index is 0.0250. The Hall–Kier alpha value is -1.02. The number of hydrogen-bond donors (Lipinski definition) is 0. The summed E-state index contributed by atoms with van der Waals surface area (Å²) in [5.41, 5.74) is 0. The summed E-state index contributed by atoms with van der Waals surface area (Å²) in [4.78, 5) is 25.0. The molecule has 0 saturated heterocycles. The van der Waals surface area contributed by atoms with Crippen LogP contribution in [-0.4, -0.2) is 70.7 Å². The highest BCUT2D eigenvalue weighted by Crippen LogP contribution is 2.38. The van der Waals surface area contributed by atoms with Crippen LogP contribution >= 0.6 is 7.82 Å². The normalized spacial score (nSPS) is 14.1. The molecule has 0 fully saturated rings. The maximum Gasteiger partial charge on any atom is 0.306 e. The van der Waals surface area contributed by atoms with E-state index < -0.39 is 13.9 Å². The number of quaternary nitrogens is 1. The summed E-state index contributed by atoms with van der Waals surface area (Å²) >= 11 is 0. The molecule has 0 heterocycles. The molecule has 0 aromatic rings. The minimum Gasteiger partial charge on any atom is -0.756 e. The van der Waals surface area contributed by atoms with Gasteiger partial charge in [-0.2, -0.15) is 0 Å². The van der Waals surface area contributed by atoms with Gasteiger partial charge in [-0.1, -0.05) is 141 Å². The molecule has 8 nitrogen and oxygen atoms in total. The molecule has 9 heteroatoms. The molecule has 0 amide bonds. The van der Waals surface area contributed by atoms with E-state index in [1.165, 1.54) is 128 Å². The molecule has 51 heavy (non-hydrogen) atoms. The number of likely N-dealkylation sites (N-methyl/N-ethyl adjacent to an activating group) is 1. The average molecular weight is 744 g/mol. The highest BCUT2D eigenvalue weighted by molar-refractivity contribution is 7.45. The Balaban J connectivity index is 4.24. The van der Waals surface area contributed by atoms with Crippen molar-refractivity contribution in [3.05, 3.63) is 24.3 Å². The van der Waals surface area contributed by atoms with Gasteiger partial charge in [-0.25, -0.2) is 0 Å². The summed E-state index contributed by atoms with van der Waals surface area (Å²) in [5.74, 6) is -0.341. The number of phosphoric ester groups is 1. The van der Waals surface area contributed by atoms with Gasteiger partial charge in [-0.15, -0.1) is 0 Å². The highest BCUT2D eigenvalue weighted by atomic mass is 31.2. The summed E-state index contributed by atoms with van der Waals surface area (Å²) in [6.45, 7) is 5.36. The lowest BCUT2D eigenvalue weighted by Crippen LogP contribution is -2.37. The van der Waals surface area contributed by atoms with Gasteiger partial charge in [-0.05, 0) is 57.8 Å². The first-order chi connectivity index (χ1) is 24.6. The fourth-order valence-electron chi connectivity index (χ4n) is 5.64. The van der Waals surface area contributed by atoms with Gasteiger partial charge in [0.25, 0.3) is 7.82 Å². The second-order valence-corrected chi connectivity index (χ2v) is 16.8. The first-order valence-electron chi connectivity index (χ1n) is 21.1. The molecule has 0 bridgehead atoms. The molecule has 2 unspecified atom stereocenters. The van der Waals surface area contributed by atoms with Crippen molar-refractivity contribution in [3.63, 3.8) is 0 Å². The number of nitrogens with zero attached hydrogens (tertiary/aromatic N) is 1. The van der Waals surface area contributed by atoms with E-state index in [1.54, 1.807) is 0 Å². The van der Waals surface area contributed by atoms with Crippen LogP contribution in [0.2, 0.25) is 0 Å². The Kier molecular flexibility index (Phi) is 35.3. The van der Waals surface area contributed by atoms with Crippen molar-refractivity contribution in [1.82, 2.24) is 0 Å². The zero-order valence-corrected chi connectivity index (χ0v) is 35.0.